The Hall–Kier alpha value is -3.51. The molecule has 1 aliphatic rings. The lowest BCUT2D eigenvalue weighted by atomic mass is 10.3. The minimum Gasteiger partial charge on any atom is -0.352 e. The Bertz CT molecular complexity index is 1110. The average Bonchev–Trinajstić information content (AvgIpc) is 3.38. The number of hydrogen-bond donors (Lipinski definition) is 2. The van der Waals surface area contributed by atoms with Crippen molar-refractivity contribution in [3.05, 3.63) is 60.3 Å². The van der Waals surface area contributed by atoms with E-state index in [1.807, 2.05) is 13.8 Å². The van der Waals surface area contributed by atoms with Gasteiger partial charge >= 0.3 is 6.18 Å². The van der Waals surface area contributed by atoms with E-state index in [4.69, 9.17) is 9.47 Å². The van der Waals surface area contributed by atoms with Crippen molar-refractivity contribution in [1.29, 1.82) is 0 Å². The van der Waals surface area contributed by atoms with Crippen LogP contribution in [0.1, 0.15) is 29.9 Å². The van der Waals surface area contributed by atoms with Crippen LogP contribution in [0.5, 0.6) is 0 Å². The molecular formula is C21H21F3N6O3. The van der Waals surface area contributed by atoms with Gasteiger partial charge in [-0.3, -0.25) is 4.79 Å². The fourth-order valence-corrected chi connectivity index (χ4v) is 3.13. The number of amides is 1. The molecule has 9 nitrogen and oxygen atoms in total. The van der Waals surface area contributed by atoms with Gasteiger partial charge in [-0.15, -0.1) is 0 Å². The SMILES string of the molecule is CC1(C)OC[C@@H](CNC(=O)c2ccc(Nc3cnn(-c4ccc(C(F)(F)F)cn4)c3)cn2)O1. The summed E-state index contributed by atoms with van der Waals surface area (Å²) < 4.78 is 50.5. The number of halogens is 3. The van der Waals surface area contributed by atoms with Gasteiger partial charge in [0.15, 0.2) is 11.6 Å². The molecule has 0 aromatic carbocycles. The molecule has 2 N–H and O–H groups in total. The van der Waals surface area contributed by atoms with Crippen LogP contribution in [-0.2, 0) is 15.7 Å². The van der Waals surface area contributed by atoms with Crippen LogP contribution in [0.15, 0.2) is 49.1 Å². The summed E-state index contributed by atoms with van der Waals surface area (Å²) in [5, 5.41) is 9.92. The van der Waals surface area contributed by atoms with Gasteiger partial charge in [-0.2, -0.15) is 18.3 Å². The van der Waals surface area contributed by atoms with Crippen LogP contribution in [-0.4, -0.2) is 50.7 Å². The quantitative estimate of drug-likeness (QED) is 0.579. The van der Waals surface area contributed by atoms with Gasteiger partial charge in [0.1, 0.15) is 11.8 Å². The molecule has 1 saturated heterocycles. The summed E-state index contributed by atoms with van der Waals surface area (Å²) in [6.07, 6.45) is 0.632. The van der Waals surface area contributed by atoms with E-state index in [9.17, 15) is 18.0 Å². The molecule has 174 valence electrons. The summed E-state index contributed by atoms with van der Waals surface area (Å²) in [6, 6.07) is 5.42. The first-order valence-electron chi connectivity index (χ1n) is 10.0. The fourth-order valence-electron chi connectivity index (χ4n) is 3.13. The lowest BCUT2D eigenvalue weighted by molar-refractivity contribution is -0.138. The van der Waals surface area contributed by atoms with Crippen molar-refractivity contribution in [3.63, 3.8) is 0 Å². The molecule has 0 spiro atoms. The van der Waals surface area contributed by atoms with Gasteiger partial charge in [0.05, 0.1) is 42.1 Å². The maximum Gasteiger partial charge on any atom is 0.417 e. The highest BCUT2D eigenvalue weighted by atomic mass is 19.4. The second-order valence-corrected chi connectivity index (χ2v) is 7.79. The number of nitrogens with zero attached hydrogens (tertiary/aromatic N) is 4. The first kappa shape index (κ1) is 22.7. The smallest absolute Gasteiger partial charge is 0.352 e. The van der Waals surface area contributed by atoms with Crippen LogP contribution < -0.4 is 10.6 Å². The summed E-state index contributed by atoms with van der Waals surface area (Å²) in [5.74, 6) is -0.755. The molecule has 33 heavy (non-hydrogen) atoms. The van der Waals surface area contributed by atoms with E-state index in [-0.39, 0.29) is 23.5 Å². The molecule has 1 aliphatic heterocycles. The monoisotopic (exact) mass is 462 g/mol. The molecule has 3 aromatic rings. The standard InChI is InChI=1S/C21H21F3N6O3/c1-20(2)32-12-16(33-20)10-27-19(31)17-5-4-14(8-25-17)29-15-9-28-30(11-15)18-6-3-13(7-26-18)21(22,23)24/h3-9,11,16,29H,10,12H2,1-2H3,(H,27,31)/t16-/m1/s1. The number of ether oxygens (including phenoxy) is 2. The van der Waals surface area contributed by atoms with E-state index in [1.54, 1.807) is 18.3 Å². The lowest BCUT2D eigenvalue weighted by Gasteiger charge is -2.17. The molecule has 0 radical (unpaired) electrons. The molecular weight excluding hydrogens is 441 g/mol. The van der Waals surface area contributed by atoms with E-state index >= 15 is 0 Å². The minimum atomic E-state index is -4.45. The number of aromatic nitrogens is 4. The van der Waals surface area contributed by atoms with Crippen molar-refractivity contribution in [2.45, 2.75) is 31.9 Å². The zero-order valence-electron chi connectivity index (χ0n) is 17.8. The van der Waals surface area contributed by atoms with Crippen LogP contribution in [0.2, 0.25) is 0 Å². The van der Waals surface area contributed by atoms with Crippen molar-refractivity contribution in [2.24, 2.45) is 0 Å². The summed E-state index contributed by atoms with van der Waals surface area (Å²) >= 11 is 0. The Morgan fingerprint density at radius 3 is 2.58 bits per heavy atom. The van der Waals surface area contributed by atoms with E-state index in [0.29, 0.717) is 24.5 Å². The van der Waals surface area contributed by atoms with E-state index in [1.165, 1.54) is 23.1 Å². The van der Waals surface area contributed by atoms with E-state index in [0.717, 1.165) is 12.3 Å². The maximum atomic E-state index is 12.7. The van der Waals surface area contributed by atoms with E-state index in [2.05, 4.69) is 25.7 Å². The minimum absolute atomic E-state index is 0.222. The third-order valence-corrected chi connectivity index (χ3v) is 4.73. The number of anilines is 2. The van der Waals surface area contributed by atoms with Crippen LogP contribution in [0.25, 0.3) is 5.82 Å². The third kappa shape index (κ3) is 5.65. The Morgan fingerprint density at radius 2 is 1.97 bits per heavy atom. The Kier molecular flexibility index (Phi) is 6.04. The van der Waals surface area contributed by atoms with Crippen LogP contribution in [0, 0.1) is 0 Å². The molecule has 0 saturated carbocycles. The number of hydrogen-bond acceptors (Lipinski definition) is 7. The van der Waals surface area contributed by atoms with Crippen molar-refractivity contribution in [2.75, 3.05) is 18.5 Å². The van der Waals surface area contributed by atoms with Gasteiger partial charge in [0, 0.05) is 12.7 Å². The van der Waals surface area contributed by atoms with Crippen molar-refractivity contribution >= 4 is 17.3 Å². The van der Waals surface area contributed by atoms with Crippen LogP contribution >= 0.6 is 0 Å². The van der Waals surface area contributed by atoms with Gasteiger partial charge in [0.2, 0.25) is 0 Å². The van der Waals surface area contributed by atoms with Crippen LogP contribution in [0.4, 0.5) is 24.5 Å². The second kappa shape index (κ2) is 8.79. The molecule has 4 heterocycles. The molecule has 3 aromatic heterocycles. The number of rotatable bonds is 6. The van der Waals surface area contributed by atoms with Gasteiger partial charge < -0.3 is 20.1 Å². The van der Waals surface area contributed by atoms with Gasteiger partial charge in [-0.1, -0.05) is 0 Å². The predicted octanol–water partition coefficient (Wildman–Crippen LogP) is 3.31. The average molecular weight is 462 g/mol. The highest BCUT2D eigenvalue weighted by molar-refractivity contribution is 5.92. The molecule has 0 unspecified atom stereocenters. The molecule has 4 rings (SSSR count). The van der Waals surface area contributed by atoms with Crippen molar-refractivity contribution in [3.8, 4) is 5.82 Å². The van der Waals surface area contributed by atoms with Gasteiger partial charge in [-0.05, 0) is 38.1 Å². The highest BCUT2D eigenvalue weighted by Crippen LogP contribution is 2.29. The topological polar surface area (TPSA) is 103 Å². The molecule has 1 fully saturated rings. The predicted molar refractivity (Wildman–Crippen MR) is 111 cm³/mol. The molecule has 0 aliphatic carbocycles. The van der Waals surface area contributed by atoms with Crippen LogP contribution in [0.3, 0.4) is 0 Å². The fraction of sp³-hybridized carbons (Fsp3) is 0.333. The Morgan fingerprint density at radius 1 is 1.15 bits per heavy atom. The molecule has 0 bridgehead atoms. The van der Waals surface area contributed by atoms with E-state index < -0.39 is 17.5 Å². The second-order valence-electron chi connectivity index (χ2n) is 7.79. The van der Waals surface area contributed by atoms with Crippen molar-refractivity contribution < 1.29 is 27.4 Å². The number of carbonyl (C=O) groups excluding carboxylic acids is 1. The normalized spacial score (nSPS) is 17.7. The molecule has 1 amide bonds. The molecule has 1 atom stereocenters. The largest absolute Gasteiger partial charge is 0.417 e. The summed E-state index contributed by atoms with van der Waals surface area (Å²) in [6.45, 7) is 4.33. The van der Waals surface area contributed by atoms with Gasteiger partial charge in [0.25, 0.3) is 5.91 Å². The van der Waals surface area contributed by atoms with Crippen molar-refractivity contribution in [1.82, 2.24) is 25.1 Å². The Labute approximate surface area is 186 Å². The summed E-state index contributed by atoms with van der Waals surface area (Å²) in [5.41, 5.74) is 0.570. The number of nitrogens with one attached hydrogen (secondary N) is 2. The summed E-state index contributed by atoms with van der Waals surface area (Å²) in [7, 11) is 0. The molecule has 12 heteroatoms. The lowest BCUT2D eigenvalue weighted by Crippen LogP contribution is -2.34. The zero-order valence-corrected chi connectivity index (χ0v) is 17.8. The first-order chi connectivity index (χ1) is 15.6. The third-order valence-electron chi connectivity index (χ3n) is 4.73. The zero-order chi connectivity index (χ0) is 23.6. The first-order valence-corrected chi connectivity index (χ1v) is 10.0. The number of pyridine rings is 2. The number of alkyl halides is 3. The number of carbonyl (C=O) groups is 1. The maximum absolute atomic E-state index is 12.7. The summed E-state index contributed by atoms with van der Waals surface area (Å²) in [4.78, 5) is 20.3. The highest BCUT2D eigenvalue weighted by Gasteiger charge is 2.33. The van der Waals surface area contributed by atoms with Gasteiger partial charge in [-0.25, -0.2) is 14.6 Å². The Balaban J connectivity index is 1.33.